The van der Waals surface area contributed by atoms with Gasteiger partial charge in [0.2, 0.25) is 0 Å². The van der Waals surface area contributed by atoms with Crippen molar-refractivity contribution in [2.75, 3.05) is 6.54 Å². The number of carbonyl (C=O) groups is 1. The zero-order valence-corrected chi connectivity index (χ0v) is 15.7. The van der Waals surface area contributed by atoms with E-state index in [9.17, 15) is 18.8 Å². The van der Waals surface area contributed by atoms with Crippen molar-refractivity contribution in [2.45, 2.75) is 25.3 Å². The zero-order valence-electron chi connectivity index (χ0n) is 10.8. The summed E-state index contributed by atoms with van der Waals surface area (Å²) in [6, 6.07) is -0.716. The van der Waals surface area contributed by atoms with Gasteiger partial charge in [-0.25, -0.2) is 8.88 Å². The largest absolute Gasteiger partial charge is 1.00 e. The number of aliphatic carboxylic acids is 1. The number of phosphoric acid groups is 2. The first-order chi connectivity index (χ1) is 8.39. The molecule has 0 aromatic carbocycles. The van der Waals surface area contributed by atoms with E-state index in [1.807, 2.05) is 0 Å². The van der Waals surface area contributed by atoms with Gasteiger partial charge in [0.25, 0.3) is 7.82 Å². The van der Waals surface area contributed by atoms with E-state index >= 15 is 0 Å². The number of hydrogen-bond donors (Lipinski definition) is 6. The van der Waals surface area contributed by atoms with E-state index in [0.717, 1.165) is 12.8 Å². The van der Waals surface area contributed by atoms with Gasteiger partial charge in [0.05, 0.1) is 0 Å². The molecular weight excluding hydrogens is 345 g/mol. The Bertz CT molecular complexity index is 336. The summed E-state index contributed by atoms with van der Waals surface area (Å²) in [4.78, 5) is 42.7. The van der Waals surface area contributed by atoms with E-state index in [1.165, 1.54) is 0 Å². The molecule has 116 valence electrons. The van der Waals surface area contributed by atoms with E-state index < -0.39 is 27.7 Å². The quantitative estimate of drug-likeness (QED) is 0.143. The van der Waals surface area contributed by atoms with Crippen LogP contribution in [-0.4, -0.2) is 38.3 Å². The van der Waals surface area contributed by atoms with Crippen molar-refractivity contribution in [3.05, 3.63) is 0 Å². The molecule has 0 rings (SSSR count). The molecule has 0 amide bonds. The van der Waals surface area contributed by atoms with Crippen LogP contribution in [0.3, 0.4) is 0 Å². The molecule has 8 N–H and O–H groups in total. The monoisotopic (exact) mass is 362 g/mol. The zero-order chi connectivity index (χ0) is 15.7. The van der Waals surface area contributed by atoms with Crippen molar-refractivity contribution >= 4 is 21.6 Å². The van der Waals surface area contributed by atoms with Crippen LogP contribution in [0.4, 0.5) is 0 Å². The maximum absolute atomic E-state index is 10.1. The van der Waals surface area contributed by atoms with E-state index in [4.69, 9.17) is 31.3 Å². The van der Waals surface area contributed by atoms with Crippen molar-refractivity contribution in [1.29, 1.82) is 0 Å². The summed E-state index contributed by atoms with van der Waals surface area (Å²) in [6.07, 6.45) is 2.16. The summed E-state index contributed by atoms with van der Waals surface area (Å²) in [5, 5.41) is 8.33. The van der Waals surface area contributed by atoms with E-state index in [2.05, 4.69) is 4.31 Å². The summed E-state index contributed by atoms with van der Waals surface area (Å²) in [5.41, 5.74) is 10.4. The van der Waals surface area contributed by atoms with Crippen LogP contribution in [0, 0.1) is 0 Å². The Morgan fingerprint density at radius 1 is 1.25 bits per heavy atom. The van der Waals surface area contributed by atoms with Gasteiger partial charge >= 0.3 is 65.2 Å². The van der Waals surface area contributed by atoms with Crippen LogP contribution in [0.2, 0.25) is 0 Å². The summed E-state index contributed by atoms with van der Waals surface area (Å²) < 4.78 is 21.9. The smallest absolute Gasteiger partial charge is 0.756 e. The van der Waals surface area contributed by atoms with Gasteiger partial charge in [0.1, 0.15) is 6.04 Å². The minimum absolute atomic E-state index is 0. The van der Waals surface area contributed by atoms with Gasteiger partial charge in [-0.1, -0.05) is 6.42 Å². The average Bonchev–Trinajstić information content (AvgIpc) is 2.12. The minimum atomic E-state index is -5.30. The third kappa shape index (κ3) is 24.3. The predicted molar refractivity (Wildman–Crippen MR) is 61.5 cm³/mol. The van der Waals surface area contributed by atoms with Crippen molar-refractivity contribution in [1.82, 2.24) is 0 Å². The first-order valence-electron chi connectivity index (χ1n) is 4.88. The predicted octanol–water partition coefficient (Wildman–Crippen LogP) is -4.91. The fraction of sp³-hybridized carbons (Fsp3) is 0.833. The Morgan fingerprint density at radius 3 is 1.90 bits per heavy atom. The maximum Gasteiger partial charge on any atom is 1.00 e. The van der Waals surface area contributed by atoms with Gasteiger partial charge in [-0.2, -0.15) is 0 Å². The fourth-order valence-electron chi connectivity index (χ4n) is 0.766. The molecule has 0 radical (unpaired) electrons. The number of carboxylic acid groups (broad SMARTS) is 1. The third-order valence-electron chi connectivity index (χ3n) is 1.50. The third-order valence-corrected chi connectivity index (χ3v) is 3.17. The second-order valence-electron chi connectivity index (χ2n) is 3.27. The Balaban J connectivity index is -0.000000277. The molecule has 2 unspecified atom stereocenters. The molecular formula is C6H17KN2O9P2. The molecule has 0 heterocycles. The van der Waals surface area contributed by atoms with Gasteiger partial charge in [0.15, 0.2) is 0 Å². The molecule has 0 saturated heterocycles. The second kappa shape index (κ2) is 12.8. The Labute approximate surface area is 158 Å². The molecule has 0 aromatic heterocycles. The maximum atomic E-state index is 10.1. The van der Waals surface area contributed by atoms with Crippen molar-refractivity contribution in [3.8, 4) is 0 Å². The molecule has 2 atom stereocenters. The minimum Gasteiger partial charge on any atom is -0.756 e. The van der Waals surface area contributed by atoms with Gasteiger partial charge in [-0.05, 0) is 19.4 Å². The first-order valence-corrected chi connectivity index (χ1v) is 7.90. The van der Waals surface area contributed by atoms with Crippen LogP contribution in [0.25, 0.3) is 0 Å². The Kier molecular flexibility index (Phi) is 16.8. The summed E-state index contributed by atoms with van der Waals surface area (Å²) >= 11 is 0. The van der Waals surface area contributed by atoms with Crippen LogP contribution < -0.4 is 67.7 Å². The number of nitrogens with two attached hydrogens (primary N) is 2. The molecule has 0 bridgehead atoms. The second-order valence-corrected chi connectivity index (χ2v) is 5.84. The summed E-state index contributed by atoms with van der Waals surface area (Å²) in [6.45, 7) is 0.604. The number of hydrogen-bond acceptors (Lipinski definition) is 7. The van der Waals surface area contributed by atoms with Crippen molar-refractivity contribution in [2.24, 2.45) is 11.5 Å². The molecule has 0 aliphatic carbocycles. The first kappa shape index (κ1) is 26.2. The van der Waals surface area contributed by atoms with Gasteiger partial charge in [0, 0.05) is 0 Å². The topological polar surface area (TPSA) is 216 Å². The van der Waals surface area contributed by atoms with Gasteiger partial charge < -0.3 is 36.1 Å². The Morgan fingerprint density at radius 2 is 1.70 bits per heavy atom. The molecule has 0 aliphatic rings. The van der Waals surface area contributed by atoms with Crippen LogP contribution in [0.1, 0.15) is 19.3 Å². The molecule has 0 spiro atoms. The molecule has 11 nitrogen and oxygen atoms in total. The molecule has 0 aliphatic heterocycles. The van der Waals surface area contributed by atoms with Gasteiger partial charge in [-0.3, -0.25) is 9.36 Å². The Hall–Kier alpha value is 1.29. The SMILES string of the molecule is NCCCCC(N)C(=O)O.O=P([O-])(O)OP(=O)(O)O.[K+]. The van der Waals surface area contributed by atoms with Gasteiger partial charge in [-0.15, -0.1) is 0 Å². The van der Waals surface area contributed by atoms with E-state index in [1.54, 1.807) is 0 Å². The number of rotatable bonds is 7. The normalized spacial score (nSPS) is 15.1. The molecule has 0 fully saturated rings. The number of unbranched alkanes of at least 4 members (excludes halogenated alkanes) is 1. The number of carboxylic acids is 1. The molecule has 0 aromatic rings. The molecule has 14 heteroatoms. The van der Waals surface area contributed by atoms with Crippen molar-refractivity contribution in [3.63, 3.8) is 0 Å². The van der Waals surface area contributed by atoms with Crippen LogP contribution in [-0.2, 0) is 18.2 Å². The van der Waals surface area contributed by atoms with Crippen molar-refractivity contribution < 1.29 is 94.3 Å². The van der Waals surface area contributed by atoms with Crippen LogP contribution in [0.5, 0.6) is 0 Å². The van der Waals surface area contributed by atoms with Crippen LogP contribution in [0.15, 0.2) is 0 Å². The molecule has 20 heavy (non-hydrogen) atoms. The fourth-order valence-corrected chi connectivity index (χ4v) is 1.84. The summed E-state index contributed by atoms with van der Waals surface area (Å²) in [7, 11) is -10.4. The van der Waals surface area contributed by atoms with E-state index in [-0.39, 0.29) is 51.4 Å². The summed E-state index contributed by atoms with van der Waals surface area (Å²) in [5.74, 6) is -0.933. The van der Waals surface area contributed by atoms with E-state index in [0.29, 0.717) is 13.0 Å². The molecule has 0 saturated carbocycles. The van der Waals surface area contributed by atoms with Crippen LogP contribution >= 0.6 is 15.6 Å². The average molecular weight is 362 g/mol. The standard InChI is InChI=1S/C6H14N2O2.K.H4O7P2/c7-4-2-1-3-5(8)6(9)10;;1-8(2,3)7-9(4,5)6/h5H,1-4,7-8H2,(H,9,10);;(H2,1,2,3)(H2,4,5,6)/q;+1;/p-1.